The molecule has 0 heterocycles. The number of benzene rings is 1. The van der Waals surface area contributed by atoms with Gasteiger partial charge in [0.25, 0.3) is 0 Å². The standard InChI is InChI=1S/C18H19Cl2NO2/c1-9(2)12-8-17(22)13(10(3)4)7-16(12)21-11-5-14(19)18(23)15(20)6-11/h5-10,23H,1-4H3. The number of hydrogen-bond acceptors (Lipinski definition) is 3. The molecular weight excluding hydrogens is 333 g/mol. The van der Waals surface area contributed by atoms with E-state index in [2.05, 4.69) is 4.99 Å². The maximum absolute atomic E-state index is 12.2. The van der Waals surface area contributed by atoms with Gasteiger partial charge in [-0.2, -0.15) is 0 Å². The van der Waals surface area contributed by atoms with Crippen molar-refractivity contribution in [3.8, 4) is 5.75 Å². The van der Waals surface area contributed by atoms with Gasteiger partial charge in [0, 0.05) is 5.57 Å². The number of aromatic hydroxyl groups is 1. The molecule has 122 valence electrons. The van der Waals surface area contributed by atoms with Crippen molar-refractivity contribution in [3.05, 3.63) is 45.5 Å². The van der Waals surface area contributed by atoms with Gasteiger partial charge in [0.1, 0.15) is 0 Å². The Hall–Kier alpha value is -1.58. The Balaban J connectivity index is 2.57. The van der Waals surface area contributed by atoms with Crippen molar-refractivity contribution in [2.45, 2.75) is 27.7 Å². The van der Waals surface area contributed by atoms with Gasteiger partial charge >= 0.3 is 0 Å². The van der Waals surface area contributed by atoms with Crippen molar-refractivity contribution in [1.82, 2.24) is 0 Å². The minimum Gasteiger partial charge on any atom is -0.505 e. The van der Waals surface area contributed by atoms with Crippen LogP contribution in [0.15, 0.2) is 40.4 Å². The number of hydrogen-bond donors (Lipinski definition) is 1. The van der Waals surface area contributed by atoms with E-state index >= 15 is 0 Å². The van der Waals surface area contributed by atoms with Gasteiger partial charge in [-0.1, -0.05) is 50.9 Å². The van der Waals surface area contributed by atoms with Crippen LogP contribution in [-0.2, 0) is 4.79 Å². The van der Waals surface area contributed by atoms with Gasteiger partial charge < -0.3 is 5.11 Å². The molecule has 1 N–H and O–H groups in total. The Morgan fingerprint density at radius 1 is 0.957 bits per heavy atom. The zero-order valence-corrected chi connectivity index (χ0v) is 15.0. The van der Waals surface area contributed by atoms with Gasteiger partial charge in [-0.15, -0.1) is 0 Å². The Bertz CT molecular complexity index is 720. The highest BCUT2D eigenvalue weighted by Crippen LogP contribution is 2.36. The zero-order valence-electron chi connectivity index (χ0n) is 13.5. The van der Waals surface area contributed by atoms with Crippen LogP contribution in [0.2, 0.25) is 10.0 Å². The maximum atomic E-state index is 12.2. The van der Waals surface area contributed by atoms with Crippen LogP contribution in [0.4, 0.5) is 5.69 Å². The summed E-state index contributed by atoms with van der Waals surface area (Å²) in [5.41, 5.74) is 2.86. The molecule has 0 aliphatic heterocycles. The van der Waals surface area contributed by atoms with Crippen LogP contribution in [0.5, 0.6) is 5.75 Å². The largest absolute Gasteiger partial charge is 0.505 e. The first-order valence-corrected chi connectivity index (χ1v) is 8.20. The first kappa shape index (κ1) is 17.8. The summed E-state index contributed by atoms with van der Waals surface area (Å²) in [6, 6.07) is 3.10. The Morgan fingerprint density at radius 3 is 1.96 bits per heavy atom. The summed E-state index contributed by atoms with van der Waals surface area (Å²) in [5.74, 6) is 0.147. The van der Waals surface area contributed by atoms with Gasteiger partial charge in [0.15, 0.2) is 11.5 Å². The van der Waals surface area contributed by atoms with E-state index in [1.54, 1.807) is 18.2 Å². The number of nitrogens with zero attached hydrogens (tertiary/aromatic N) is 1. The molecule has 0 radical (unpaired) electrons. The summed E-state index contributed by atoms with van der Waals surface area (Å²) in [4.78, 5) is 16.8. The topological polar surface area (TPSA) is 49.7 Å². The van der Waals surface area contributed by atoms with E-state index < -0.39 is 0 Å². The minimum atomic E-state index is -0.158. The predicted octanol–water partition coefficient (Wildman–Crippen LogP) is 5.52. The first-order valence-electron chi connectivity index (χ1n) is 7.45. The van der Waals surface area contributed by atoms with Crippen molar-refractivity contribution in [3.63, 3.8) is 0 Å². The van der Waals surface area contributed by atoms with Crippen LogP contribution in [-0.4, -0.2) is 16.6 Å². The van der Waals surface area contributed by atoms with E-state index in [1.807, 2.05) is 33.8 Å². The molecule has 1 aliphatic carbocycles. The third-order valence-electron chi connectivity index (χ3n) is 3.65. The highest BCUT2D eigenvalue weighted by atomic mass is 35.5. The summed E-state index contributed by atoms with van der Waals surface area (Å²) in [6.07, 6.45) is 3.49. The van der Waals surface area contributed by atoms with Crippen molar-refractivity contribution >= 4 is 40.4 Å². The third-order valence-corrected chi connectivity index (χ3v) is 4.23. The van der Waals surface area contributed by atoms with Crippen molar-refractivity contribution in [2.75, 3.05) is 0 Å². The fourth-order valence-corrected chi connectivity index (χ4v) is 2.84. The summed E-state index contributed by atoms with van der Waals surface area (Å²) in [6.45, 7) is 7.98. The molecule has 0 unspecified atom stereocenters. The van der Waals surface area contributed by atoms with E-state index in [-0.39, 0.29) is 33.4 Å². The van der Waals surface area contributed by atoms with Crippen molar-refractivity contribution in [1.29, 1.82) is 0 Å². The molecule has 2 rings (SSSR count). The zero-order chi connectivity index (χ0) is 17.3. The van der Waals surface area contributed by atoms with Crippen LogP contribution in [0.25, 0.3) is 0 Å². The summed E-state index contributed by atoms with van der Waals surface area (Å²) in [5, 5.41) is 9.94. The predicted molar refractivity (Wildman–Crippen MR) is 96.1 cm³/mol. The average molecular weight is 352 g/mol. The lowest BCUT2D eigenvalue weighted by atomic mass is 9.85. The monoisotopic (exact) mass is 351 g/mol. The van der Waals surface area contributed by atoms with Crippen molar-refractivity contribution in [2.24, 2.45) is 16.8 Å². The van der Waals surface area contributed by atoms with E-state index in [1.165, 1.54) is 0 Å². The fraction of sp³-hybridized carbons (Fsp3) is 0.333. The fourth-order valence-electron chi connectivity index (χ4n) is 2.37. The Kier molecular flexibility index (Phi) is 5.33. The smallest absolute Gasteiger partial charge is 0.182 e. The molecule has 0 aromatic heterocycles. The number of carbonyl (C=O) groups is 1. The molecule has 0 saturated carbocycles. The number of halogens is 2. The first-order chi connectivity index (χ1) is 10.7. The lowest BCUT2D eigenvalue weighted by molar-refractivity contribution is -0.111. The summed E-state index contributed by atoms with van der Waals surface area (Å²) in [7, 11) is 0. The number of allylic oxidation sites excluding steroid dienone is 4. The molecular formula is C18H19Cl2NO2. The van der Waals surface area contributed by atoms with Crippen LogP contribution < -0.4 is 0 Å². The second-order valence-electron chi connectivity index (χ2n) is 6.13. The number of aliphatic imine (C=N–C) groups is 1. The molecule has 1 aromatic carbocycles. The molecule has 3 nitrogen and oxygen atoms in total. The van der Waals surface area contributed by atoms with E-state index in [0.717, 1.165) is 16.9 Å². The molecule has 0 amide bonds. The minimum absolute atomic E-state index is 0.0319. The van der Waals surface area contributed by atoms with Gasteiger partial charge in [0.2, 0.25) is 0 Å². The van der Waals surface area contributed by atoms with Crippen LogP contribution >= 0.6 is 23.2 Å². The molecule has 5 heteroatoms. The molecule has 0 spiro atoms. The van der Waals surface area contributed by atoms with Crippen molar-refractivity contribution < 1.29 is 9.90 Å². The molecule has 23 heavy (non-hydrogen) atoms. The maximum Gasteiger partial charge on any atom is 0.182 e. The number of rotatable bonds is 3. The number of ketones is 1. The van der Waals surface area contributed by atoms with E-state index in [9.17, 15) is 9.90 Å². The highest BCUT2D eigenvalue weighted by Gasteiger charge is 2.22. The van der Waals surface area contributed by atoms with Crippen LogP contribution in [0.3, 0.4) is 0 Å². The van der Waals surface area contributed by atoms with Gasteiger partial charge in [-0.25, -0.2) is 4.99 Å². The van der Waals surface area contributed by atoms with Crippen LogP contribution in [0.1, 0.15) is 27.7 Å². The molecule has 1 aromatic rings. The summed E-state index contributed by atoms with van der Waals surface area (Å²) < 4.78 is 0. The second-order valence-corrected chi connectivity index (χ2v) is 6.94. The quantitative estimate of drug-likeness (QED) is 0.728. The summed E-state index contributed by atoms with van der Waals surface area (Å²) >= 11 is 11.9. The second kappa shape index (κ2) is 6.90. The Labute approximate surface area is 146 Å². The molecule has 0 atom stereocenters. The van der Waals surface area contributed by atoms with Gasteiger partial charge in [-0.3, -0.25) is 4.79 Å². The molecule has 0 bridgehead atoms. The van der Waals surface area contributed by atoms with E-state index in [0.29, 0.717) is 5.69 Å². The lowest BCUT2D eigenvalue weighted by Gasteiger charge is -2.20. The lowest BCUT2D eigenvalue weighted by Crippen LogP contribution is -2.19. The van der Waals surface area contributed by atoms with Crippen LogP contribution in [0, 0.1) is 11.8 Å². The number of phenolic OH excluding ortho intramolecular Hbond substituents is 1. The average Bonchev–Trinajstić information content (AvgIpc) is 2.45. The van der Waals surface area contributed by atoms with E-state index in [4.69, 9.17) is 23.2 Å². The third kappa shape index (κ3) is 3.85. The number of phenols is 1. The number of carbonyl (C=O) groups excluding carboxylic acids is 1. The molecule has 1 aliphatic rings. The Morgan fingerprint density at radius 2 is 1.48 bits per heavy atom. The molecule has 0 saturated heterocycles. The SMILES string of the molecule is CC(C)C1=CC(=Nc2cc(Cl)c(O)c(Cl)c2)C(C(C)C)=CC1=O. The van der Waals surface area contributed by atoms with Gasteiger partial charge in [0.05, 0.1) is 21.4 Å². The van der Waals surface area contributed by atoms with Gasteiger partial charge in [-0.05, 0) is 41.7 Å². The normalized spacial score (nSPS) is 17.0. The highest BCUT2D eigenvalue weighted by molar-refractivity contribution is 6.37. The molecule has 0 fully saturated rings.